The summed E-state index contributed by atoms with van der Waals surface area (Å²) in [7, 11) is 0. The van der Waals surface area contributed by atoms with E-state index in [0.29, 0.717) is 44.9 Å². The molecule has 3 rings (SSSR count). The lowest BCUT2D eigenvalue weighted by molar-refractivity contribution is -0.134. The second-order valence-electron chi connectivity index (χ2n) is 8.02. The number of piperidine rings is 1. The topological polar surface area (TPSA) is 69.6 Å². The van der Waals surface area contributed by atoms with E-state index in [-0.39, 0.29) is 11.9 Å². The van der Waals surface area contributed by atoms with Gasteiger partial charge < -0.3 is 9.80 Å². The van der Waals surface area contributed by atoms with Crippen LogP contribution in [-0.4, -0.2) is 69.7 Å². The molecule has 0 unspecified atom stereocenters. The van der Waals surface area contributed by atoms with E-state index in [0.717, 1.165) is 23.8 Å². The van der Waals surface area contributed by atoms with Crippen LogP contribution in [0.3, 0.4) is 0 Å². The molecule has 8 heteroatoms. The summed E-state index contributed by atoms with van der Waals surface area (Å²) in [6.07, 6.45) is 6.85. The molecular weight excluding hydrogens is 374 g/mol. The van der Waals surface area contributed by atoms with Crippen LogP contribution < -0.4 is 4.90 Å². The van der Waals surface area contributed by atoms with Crippen molar-refractivity contribution in [2.75, 3.05) is 37.3 Å². The van der Waals surface area contributed by atoms with E-state index in [1.165, 1.54) is 16.7 Å². The van der Waals surface area contributed by atoms with Gasteiger partial charge in [0.1, 0.15) is 11.4 Å². The van der Waals surface area contributed by atoms with E-state index in [2.05, 4.69) is 35.6 Å². The Bertz CT molecular complexity index is 718. The first-order valence-corrected chi connectivity index (χ1v) is 11.4. The number of carbonyl (C=O) groups is 2. The Labute approximate surface area is 171 Å². The third kappa shape index (κ3) is 3.83. The highest BCUT2D eigenvalue weighted by atomic mass is 32.2. The van der Waals surface area contributed by atoms with Crippen molar-refractivity contribution < 1.29 is 9.59 Å². The third-order valence-electron chi connectivity index (χ3n) is 5.62. The lowest BCUT2D eigenvalue weighted by Gasteiger charge is -2.43. The smallest absolute Gasteiger partial charge is 0.327 e. The number of unbranched alkanes of at least 4 members (excludes halogenated alkanes) is 1. The molecule has 0 N–H and O–H groups in total. The van der Waals surface area contributed by atoms with Crippen LogP contribution in [0.2, 0.25) is 0 Å². The number of hydrogen-bond acceptors (Lipinski definition) is 6. The number of thioether (sulfide) groups is 1. The minimum atomic E-state index is -0.693. The molecule has 0 aromatic carbocycles. The zero-order valence-electron chi connectivity index (χ0n) is 17.3. The lowest BCUT2D eigenvalue weighted by Crippen LogP contribution is -2.57. The highest BCUT2D eigenvalue weighted by molar-refractivity contribution is 7.98. The number of urea groups is 1. The first-order valence-electron chi connectivity index (χ1n) is 10.2. The van der Waals surface area contributed by atoms with Crippen molar-refractivity contribution in [2.24, 2.45) is 5.92 Å². The molecule has 7 nitrogen and oxygen atoms in total. The molecule has 0 radical (unpaired) electrons. The van der Waals surface area contributed by atoms with E-state index in [1.54, 1.807) is 6.20 Å². The van der Waals surface area contributed by atoms with Crippen LogP contribution in [-0.2, 0) is 4.79 Å². The van der Waals surface area contributed by atoms with Gasteiger partial charge >= 0.3 is 6.03 Å². The Morgan fingerprint density at radius 2 is 1.96 bits per heavy atom. The van der Waals surface area contributed by atoms with E-state index < -0.39 is 5.54 Å². The monoisotopic (exact) mass is 405 g/mol. The molecule has 0 atom stereocenters. The van der Waals surface area contributed by atoms with Gasteiger partial charge in [-0.2, -0.15) is 0 Å². The van der Waals surface area contributed by atoms with Crippen LogP contribution in [0.25, 0.3) is 0 Å². The first kappa shape index (κ1) is 20.9. The van der Waals surface area contributed by atoms with Crippen molar-refractivity contribution in [2.45, 2.75) is 57.1 Å². The van der Waals surface area contributed by atoms with Crippen molar-refractivity contribution >= 4 is 29.5 Å². The predicted molar refractivity (Wildman–Crippen MR) is 112 cm³/mol. The summed E-state index contributed by atoms with van der Waals surface area (Å²) in [6.45, 7) is 8.84. The van der Waals surface area contributed by atoms with E-state index in [4.69, 9.17) is 0 Å². The Morgan fingerprint density at radius 1 is 1.25 bits per heavy atom. The number of rotatable bonds is 7. The van der Waals surface area contributed by atoms with Gasteiger partial charge in [0.05, 0.1) is 0 Å². The highest BCUT2D eigenvalue weighted by Crippen LogP contribution is 2.38. The van der Waals surface area contributed by atoms with Crippen LogP contribution in [0.15, 0.2) is 17.4 Å². The zero-order valence-corrected chi connectivity index (χ0v) is 18.2. The minimum absolute atomic E-state index is 0.00117. The molecule has 3 heterocycles. The number of nitrogens with zero attached hydrogens (tertiary/aromatic N) is 5. The number of hydrogen-bond donors (Lipinski definition) is 0. The number of amides is 3. The molecule has 28 heavy (non-hydrogen) atoms. The van der Waals surface area contributed by atoms with Crippen LogP contribution in [0, 0.1) is 5.92 Å². The standard InChI is InChI=1S/C20H31N5O2S/c1-5-6-11-24-17(26)20(25(19(24)27)14-15(2)3)8-12-23(13-9-20)16-7-10-21-18(22-16)28-4/h7,10,15H,5-6,8-9,11-14H2,1-4H3. The quantitative estimate of drug-likeness (QED) is 0.394. The maximum Gasteiger partial charge on any atom is 0.327 e. The average Bonchev–Trinajstić information content (AvgIpc) is 2.88. The molecule has 154 valence electrons. The van der Waals surface area contributed by atoms with Gasteiger partial charge in [-0.3, -0.25) is 9.69 Å². The molecule has 3 amide bonds. The molecule has 1 aromatic rings. The molecule has 0 aliphatic carbocycles. The van der Waals surface area contributed by atoms with Gasteiger partial charge in [-0.25, -0.2) is 14.8 Å². The third-order valence-corrected chi connectivity index (χ3v) is 6.18. The highest BCUT2D eigenvalue weighted by Gasteiger charge is 2.57. The largest absolute Gasteiger partial charge is 0.356 e. The molecule has 2 fully saturated rings. The van der Waals surface area contributed by atoms with Gasteiger partial charge in [0, 0.05) is 32.4 Å². The maximum atomic E-state index is 13.4. The Balaban J connectivity index is 1.81. The fourth-order valence-corrected chi connectivity index (χ4v) is 4.46. The SMILES string of the molecule is CCCCN1C(=O)N(CC(C)C)C2(CCN(c3ccnc(SC)n3)CC2)C1=O. The molecule has 0 saturated carbocycles. The predicted octanol–water partition coefficient (Wildman–Crippen LogP) is 3.26. The maximum absolute atomic E-state index is 13.4. The van der Waals surface area contributed by atoms with Crippen LogP contribution in [0.4, 0.5) is 10.6 Å². The molecule has 2 aliphatic heterocycles. The fraction of sp³-hybridized carbons (Fsp3) is 0.700. The van der Waals surface area contributed by atoms with Gasteiger partial charge in [-0.15, -0.1) is 0 Å². The number of aromatic nitrogens is 2. The summed E-state index contributed by atoms with van der Waals surface area (Å²) in [5.41, 5.74) is -0.693. The normalized spacial score (nSPS) is 19.4. The Morgan fingerprint density at radius 3 is 2.57 bits per heavy atom. The van der Waals surface area contributed by atoms with Gasteiger partial charge in [0.25, 0.3) is 5.91 Å². The fourth-order valence-electron chi connectivity index (χ4n) is 4.11. The number of imide groups is 1. The lowest BCUT2D eigenvalue weighted by atomic mass is 9.85. The van der Waals surface area contributed by atoms with Crippen molar-refractivity contribution in [3.05, 3.63) is 12.3 Å². The number of anilines is 1. The van der Waals surface area contributed by atoms with Crippen molar-refractivity contribution in [3.63, 3.8) is 0 Å². The molecule has 2 saturated heterocycles. The van der Waals surface area contributed by atoms with E-state index in [9.17, 15) is 9.59 Å². The van der Waals surface area contributed by atoms with Gasteiger partial charge in [0.2, 0.25) is 0 Å². The average molecular weight is 406 g/mol. The summed E-state index contributed by atoms with van der Waals surface area (Å²) in [6, 6.07) is 1.81. The molecule has 2 aliphatic rings. The van der Waals surface area contributed by atoms with E-state index in [1.807, 2.05) is 17.2 Å². The summed E-state index contributed by atoms with van der Waals surface area (Å²) in [4.78, 5) is 40.8. The van der Waals surface area contributed by atoms with Crippen LogP contribution >= 0.6 is 11.8 Å². The van der Waals surface area contributed by atoms with Gasteiger partial charge in [-0.05, 0) is 37.5 Å². The summed E-state index contributed by atoms with van der Waals surface area (Å²) < 4.78 is 0. The molecule has 0 bridgehead atoms. The van der Waals surface area contributed by atoms with Gasteiger partial charge in [-0.1, -0.05) is 39.0 Å². The second kappa shape index (κ2) is 8.68. The Kier molecular flexibility index (Phi) is 6.47. The summed E-state index contributed by atoms with van der Waals surface area (Å²) in [5, 5.41) is 0.747. The summed E-state index contributed by atoms with van der Waals surface area (Å²) in [5.74, 6) is 1.21. The van der Waals surface area contributed by atoms with E-state index >= 15 is 0 Å². The number of carbonyl (C=O) groups excluding carboxylic acids is 2. The van der Waals surface area contributed by atoms with Crippen molar-refractivity contribution in [3.8, 4) is 0 Å². The second-order valence-corrected chi connectivity index (χ2v) is 8.79. The molecule has 1 spiro atoms. The minimum Gasteiger partial charge on any atom is -0.356 e. The van der Waals surface area contributed by atoms with Crippen LogP contribution in [0.1, 0.15) is 46.5 Å². The van der Waals surface area contributed by atoms with Crippen molar-refractivity contribution in [1.82, 2.24) is 19.8 Å². The molecule has 1 aromatic heterocycles. The zero-order chi connectivity index (χ0) is 20.3. The summed E-state index contributed by atoms with van der Waals surface area (Å²) >= 11 is 1.52. The molecular formula is C20H31N5O2S. The van der Waals surface area contributed by atoms with Crippen molar-refractivity contribution in [1.29, 1.82) is 0 Å². The Hall–Kier alpha value is -1.83. The van der Waals surface area contributed by atoms with Crippen LogP contribution in [0.5, 0.6) is 0 Å². The first-order chi connectivity index (χ1) is 13.4. The van der Waals surface area contributed by atoms with Gasteiger partial charge in [0.15, 0.2) is 5.16 Å².